The van der Waals surface area contributed by atoms with Crippen molar-refractivity contribution in [2.45, 2.75) is 18.6 Å². The molecule has 1 atom stereocenters. The monoisotopic (exact) mass is 447 g/mol. The summed E-state index contributed by atoms with van der Waals surface area (Å²) in [5.74, 6) is 0.340. The van der Waals surface area contributed by atoms with Crippen LogP contribution in [0.5, 0.6) is 0 Å². The fourth-order valence-electron chi connectivity index (χ4n) is 3.03. The van der Waals surface area contributed by atoms with Gasteiger partial charge in [0.05, 0.1) is 25.2 Å². The Labute approximate surface area is 182 Å². The zero-order valence-electron chi connectivity index (χ0n) is 15.8. The average molecular weight is 448 g/mol. The lowest BCUT2D eigenvalue weighted by Crippen LogP contribution is -2.51. The van der Waals surface area contributed by atoms with Crippen molar-refractivity contribution < 1.29 is 14.4 Å². The molecule has 0 spiro atoms. The number of nitrogens with zero attached hydrogens (tertiary/aromatic N) is 3. The first kappa shape index (κ1) is 20.5. The van der Waals surface area contributed by atoms with Gasteiger partial charge in [-0.3, -0.25) is 0 Å². The second kappa shape index (κ2) is 8.91. The maximum absolute atomic E-state index is 12.6. The number of hydrogen-bond acceptors (Lipinski definition) is 6. The number of amides is 2. The average Bonchev–Trinajstić information content (AvgIpc) is 3.18. The van der Waals surface area contributed by atoms with Gasteiger partial charge >= 0.3 is 12.0 Å². The fourth-order valence-corrected chi connectivity index (χ4v) is 3.28. The van der Waals surface area contributed by atoms with Gasteiger partial charge in [-0.15, -0.1) is 0 Å². The Balaban J connectivity index is 1.49. The third-order valence-corrected chi connectivity index (χ3v) is 5.14. The number of urea groups is 1. The summed E-state index contributed by atoms with van der Waals surface area (Å²) in [5.41, 5.74) is 1.55. The maximum atomic E-state index is 12.6. The Bertz CT molecular complexity index is 1000. The Morgan fingerprint density at radius 3 is 2.40 bits per heavy atom. The molecule has 0 saturated carbocycles. The Morgan fingerprint density at radius 2 is 1.77 bits per heavy atom. The maximum Gasteiger partial charge on any atom is 0.324 e. The molecule has 1 saturated heterocycles. The molecule has 1 fully saturated rings. The molecule has 0 radical (unpaired) electrons. The summed E-state index contributed by atoms with van der Waals surface area (Å²) in [6.45, 7) is 0.877. The number of aliphatic hydroxyl groups is 1. The predicted molar refractivity (Wildman–Crippen MR) is 114 cm³/mol. The molecule has 1 aromatic heterocycles. The van der Waals surface area contributed by atoms with Crippen molar-refractivity contribution in [1.29, 1.82) is 0 Å². The van der Waals surface area contributed by atoms with Gasteiger partial charge in [0.1, 0.15) is 0 Å². The predicted octanol–water partition coefficient (Wildman–Crippen LogP) is 3.66. The van der Waals surface area contributed by atoms with E-state index in [1.54, 1.807) is 41.3 Å². The molecule has 8 nitrogen and oxygen atoms in total. The molecule has 2 amide bonds. The minimum absolute atomic E-state index is 0.316. The first-order chi connectivity index (χ1) is 14.5. The van der Waals surface area contributed by atoms with Gasteiger partial charge in [0, 0.05) is 22.2 Å². The Hall–Kier alpha value is -2.81. The van der Waals surface area contributed by atoms with Crippen molar-refractivity contribution in [3.8, 4) is 0 Å². The van der Waals surface area contributed by atoms with Crippen LogP contribution in [0, 0.1) is 0 Å². The molecule has 4 rings (SSSR count). The topological polar surface area (TPSA) is 104 Å². The van der Waals surface area contributed by atoms with Crippen LogP contribution in [0.3, 0.4) is 0 Å². The molecule has 3 aromatic rings. The van der Waals surface area contributed by atoms with Crippen LogP contribution in [0.4, 0.5) is 16.5 Å². The highest BCUT2D eigenvalue weighted by atomic mass is 35.5. The molecule has 10 heteroatoms. The molecule has 2 heterocycles. The number of anilines is 2. The number of carbonyl (C=O) groups is 1. The van der Waals surface area contributed by atoms with E-state index < -0.39 is 18.2 Å². The van der Waals surface area contributed by atoms with Crippen LogP contribution in [0.15, 0.2) is 53.1 Å². The molecule has 3 N–H and O–H groups in total. The number of aliphatic hydroxyl groups excluding tert-OH is 1. The molecule has 1 aliphatic heterocycles. The van der Waals surface area contributed by atoms with E-state index in [0.717, 1.165) is 5.56 Å². The van der Waals surface area contributed by atoms with Gasteiger partial charge in [0.2, 0.25) is 0 Å². The van der Waals surface area contributed by atoms with Gasteiger partial charge in [-0.25, -0.2) is 4.79 Å². The van der Waals surface area contributed by atoms with E-state index in [1.165, 1.54) is 0 Å². The zero-order valence-corrected chi connectivity index (χ0v) is 17.3. The zero-order chi connectivity index (χ0) is 21.1. The largest absolute Gasteiger partial charge is 0.389 e. The highest BCUT2D eigenvalue weighted by Gasteiger charge is 2.30. The van der Waals surface area contributed by atoms with Gasteiger partial charge in [-0.2, -0.15) is 4.98 Å². The number of halogens is 2. The number of nitrogens with one attached hydrogen (secondary N) is 2. The molecular weight excluding hydrogens is 429 g/mol. The van der Waals surface area contributed by atoms with Crippen molar-refractivity contribution in [2.75, 3.05) is 23.3 Å². The third-order valence-electron chi connectivity index (χ3n) is 4.64. The number of aromatic nitrogens is 2. The quantitative estimate of drug-likeness (QED) is 0.532. The van der Waals surface area contributed by atoms with Crippen LogP contribution in [0.25, 0.3) is 0 Å². The number of rotatable bonds is 6. The highest BCUT2D eigenvalue weighted by molar-refractivity contribution is 6.30. The van der Waals surface area contributed by atoms with Crippen molar-refractivity contribution in [3.05, 3.63) is 70.0 Å². The summed E-state index contributed by atoms with van der Waals surface area (Å²) in [6.07, 6.45) is 0.0424. The van der Waals surface area contributed by atoms with Gasteiger partial charge < -0.3 is 25.2 Å². The standard InChI is InChI=1S/C20H19Cl2N5O3/c21-13-3-1-12(2-4-13)9-17(18-25-20(30-26-18)27-10-16(28)11-27)24-19(29)23-15-7-5-14(22)6-8-15/h1-8,16-17,28H,9-11H2,(H2,23,24,29). The first-order valence-electron chi connectivity index (χ1n) is 9.30. The van der Waals surface area contributed by atoms with Crippen molar-refractivity contribution >= 4 is 40.9 Å². The summed E-state index contributed by atoms with van der Waals surface area (Å²) in [5, 5.41) is 20.4. The Kier molecular flexibility index (Phi) is 6.08. The molecule has 156 valence electrons. The van der Waals surface area contributed by atoms with E-state index in [-0.39, 0.29) is 0 Å². The summed E-state index contributed by atoms with van der Waals surface area (Å²) < 4.78 is 5.31. The van der Waals surface area contributed by atoms with Crippen molar-refractivity contribution in [3.63, 3.8) is 0 Å². The molecular formula is C20H19Cl2N5O3. The molecule has 0 aliphatic carbocycles. The molecule has 2 aromatic carbocycles. The van der Waals surface area contributed by atoms with Crippen molar-refractivity contribution in [1.82, 2.24) is 15.5 Å². The summed E-state index contributed by atoms with van der Waals surface area (Å²) in [7, 11) is 0. The summed E-state index contributed by atoms with van der Waals surface area (Å²) in [6, 6.07) is 13.5. The third kappa shape index (κ3) is 5.02. The van der Waals surface area contributed by atoms with Gasteiger partial charge in [-0.05, 0) is 42.0 Å². The van der Waals surface area contributed by atoms with E-state index >= 15 is 0 Å². The number of hydrogen-bond donors (Lipinski definition) is 3. The van der Waals surface area contributed by atoms with E-state index in [9.17, 15) is 9.90 Å². The minimum Gasteiger partial charge on any atom is -0.389 e. The lowest BCUT2D eigenvalue weighted by Gasteiger charge is -2.33. The molecule has 1 unspecified atom stereocenters. The van der Waals surface area contributed by atoms with Crippen LogP contribution in [0.2, 0.25) is 10.0 Å². The molecule has 30 heavy (non-hydrogen) atoms. The normalized spacial score (nSPS) is 14.8. The lowest BCUT2D eigenvalue weighted by molar-refractivity contribution is 0.135. The highest BCUT2D eigenvalue weighted by Crippen LogP contribution is 2.23. The van der Waals surface area contributed by atoms with Crippen LogP contribution in [-0.4, -0.2) is 40.5 Å². The fraction of sp³-hybridized carbons (Fsp3) is 0.250. The van der Waals surface area contributed by atoms with Crippen LogP contribution < -0.4 is 15.5 Å². The van der Waals surface area contributed by atoms with E-state index in [0.29, 0.717) is 47.1 Å². The second-order valence-corrected chi connectivity index (χ2v) is 7.86. The van der Waals surface area contributed by atoms with Gasteiger partial charge in [-0.1, -0.05) is 40.5 Å². The Morgan fingerprint density at radius 1 is 1.13 bits per heavy atom. The summed E-state index contributed by atoms with van der Waals surface area (Å²) in [4.78, 5) is 18.7. The van der Waals surface area contributed by atoms with E-state index in [1.807, 2.05) is 12.1 Å². The summed E-state index contributed by atoms with van der Waals surface area (Å²) >= 11 is 11.9. The number of β-amino-alcohol motifs (C(OH)–C–C–N with tert-alkyl or cyclic N) is 1. The second-order valence-electron chi connectivity index (χ2n) is 6.98. The van der Waals surface area contributed by atoms with Gasteiger partial charge in [0.15, 0.2) is 5.82 Å². The SMILES string of the molecule is O=C(Nc1ccc(Cl)cc1)NC(Cc1ccc(Cl)cc1)c1noc(N2CC(O)C2)n1. The van der Waals surface area contributed by atoms with Crippen LogP contribution >= 0.6 is 23.2 Å². The number of benzene rings is 2. The molecule has 1 aliphatic rings. The molecule has 0 bridgehead atoms. The van der Waals surface area contributed by atoms with Gasteiger partial charge in [0.25, 0.3) is 0 Å². The van der Waals surface area contributed by atoms with E-state index in [4.69, 9.17) is 27.7 Å². The number of carbonyl (C=O) groups excluding carboxylic acids is 1. The first-order valence-corrected chi connectivity index (χ1v) is 10.1. The van der Waals surface area contributed by atoms with E-state index in [2.05, 4.69) is 20.8 Å². The minimum atomic E-state index is -0.540. The van der Waals surface area contributed by atoms with Crippen LogP contribution in [-0.2, 0) is 6.42 Å². The van der Waals surface area contributed by atoms with Crippen LogP contribution in [0.1, 0.15) is 17.4 Å². The smallest absolute Gasteiger partial charge is 0.324 e. The lowest BCUT2D eigenvalue weighted by atomic mass is 10.1. The van der Waals surface area contributed by atoms with Crippen molar-refractivity contribution in [2.24, 2.45) is 0 Å².